The van der Waals surface area contributed by atoms with Crippen molar-refractivity contribution in [1.82, 2.24) is 0 Å². The first-order valence-corrected chi connectivity index (χ1v) is 8.96. The van der Waals surface area contributed by atoms with Crippen molar-refractivity contribution >= 4 is 16.6 Å². The van der Waals surface area contributed by atoms with E-state index in [0.29, 0.717) is 22.2 Å². The Kier molecular flexibility index (Phi) is 3.88. The molecule has 2 aliphatic heterocycles. The third kappa shape index (κ3) is 2.43. The molecular formula is C15H24O2S. The maximum absolute atomic E-state index is 12.6. The Morgan fingerprint density at radius 2 is 1.39 bits per heavy atom. The van der Waals surface area contributed by atoms with Crippen molar-refractivity contribution in [2.75, 3.05) is 0 Å². The van der Waals surface area contributed by atoms with Gasteiger partial charge in [0.25, 0.3) is 0 Å². The Balaban J connectivity index is 1.66. The number of ketones is 1. The van der Waals surface area contributed by atoms with Crippen LogP contribution >= 0.6 is 0 Å². The second kappa shape index (κ2) is 5.44. The van der Waals surface area contributed by atoms with E-state index in [4.69, 9.17) is 0 Å². The van der Waals surface area contributed by atoms with Gasteiger partial charge in [-0.1, -0.05) is 25.7 Å². The average molecular weight is 268 g/mol. The molecule has 2 atom stereocenters. The molecule has 1 aliphatic carbocycles. The molecule has 1 saturated carbocycles. The van der Waals surface area contributed by atoms with E-state index in [-0.39, 0.29) is 5.92 Å². The predicted molar refractivity (Wildman–Crippen MR) is 73.9 cm³/mol. The van der Waals surface area contributed by atoms with E-state index in [0.717, 1.165) is 38.5 Å². The van der Waals surface area contributed by atoms with Crippen LogP contribution in [0.15, 0.2) is 0 Å². The summed E-state index contributed by atoms with van der Waals surface area (Å²) < 4.78 is 12.2. The van der Waals surface area contributed by atoms with Gasteiger partial charge in [0.2, 0.25) is 0 Å². The van der Waals surface area contributed by atoms with E-state index in [2.05, 4.69) is 0 Å². The molecule has 3 aliphatic rings. The fraction of sp³-hybridized carbons (Fsp3) is 0.933. The Morgan fingerprint density at radius 1 is 0.778 bits per heavy atom. The van der Waals surface area contributed by atoms with E-state index in [1.54, 1.807) is 0 Å². The van der Waals surface area contributed by atoms with Crippen molar-refractivity contribution in [3.8, 4) is 0 Å². The van der Waals surface area contributed by atoms with E-state index >= 15 is 0 Å². The SMILES string of the molecule is O=C(C1CCCCC1)C1CC2CCCC(C1)S2=O. The summed E-state index contributed by atoms with van der Waals surface area (Å²) >= 11 is 0. The summed E-state index contributed by atoms with van der Waals surface area (Å²) in [6.45, 7) is 0. The van der Waals surface area contributed by atoms with Gasteiger partial charge >= 0.3 is 0 Å². The molecule has 0 aromatic rings. The third-order valence-corrected chi connectivity index (χ3v) is 7.38. The fourth-order valence-electron chi connectivity index (χ4n) is 4.19. The molecule has 2 saturated heterocycles. The van der Waals surface area contributed by atoms with Crippen LogP contribution in [-0.4, -0.2) is 20.5 Å². The van der Waals surface area contributed by atoms with Gasteiger partial charge in [-0.2, -0.15) is 0 Å². The maximum atomic E-state index is 12.6. The molecular weight excluding hydrogens is 244 g/mol. The molecule has 0 aromatic carbocycles. The lowest BCUT2D eigenvalue weighted by molar-refractivity contribution is -0.128. The molecule has 0 N–H and O–H groups in total. The highest BCUT2D eigenvalue weighted by Gasteiger charge is 2.41. The zero-order valence-corrected chi connectivity index (χ0v) is 11.9. The van der Waals surface area contributed by atoms with Crippen LogP contribution in [0.3, 0.4) is 0 Å². The van der Waals surface area contributed by atoms with E-state index in [9.17, 15) is 9.00 Å². The molecule has 3 rings (SSSR count). The molecule has 0 radical (unpaired) electrons. The van der Waals surface area contributed by atoms with Gasteiger partial charge in [-0.05, 0) is 38.5 Å². The first-order chi connectivity index (χ1) is 8.75. The highest BCUT2D eigenvalue weighted by Crippen LogP contribution is 2.39. The van der Waals surface area contributed by atoms with Crippen LogP contribution in [0.5, 0.6) is 0 Å². The summed E-state index contributed by atoms with van der Waals surface area (Å²) in [5.41, 5.74) is 0. The Bertz CT molecular complexity index is 330. The average Bonchev–Trinajstić information content (AvgIpc) is 2.38. The summed E-state index contributed by atoms with van der Waals surface area (Å²) in [7, 11) is -0.630. The Labute approximate surface area is 112 Å². The smallest absolute Gasteiger partial charge is 0.139 e. The Hall–Kier alpha value is -0.180. The van der Waals surface area contributed by atoms with Gasteiger partial charge in [0.15, 0.2) is 0 Å². The van der Waals surface area contributed by atoms with Crippen molar-refractivity contribution in [1.29, 1.82) is 0 Å². The van der Waals surface area contributed by atoms with Gasteiger partial charge in [0, 0.05) is 33.1 Å². The highest BCUT2D eigenvalue weighted by molar-refractivity contribution is 7.86. The van der Waals surface area contributed by atoms with Gasteiger partial charge in [0.05, 0.1) is 0 Å². The van der Waals surface area contributed by atoms with Crippen LogP contribution in [-0.2, 0) is 15.6 Å². The lowest BCUT2D eigenvalue weighted by Gasteiger charge is -2.39. The van der Waals surface area contributed by atoms with Gasteiger partial charge in [-0.25, -0.2) is 0 Å². The summed E-state index contributed by atoms with van der Waals surface area (Å²) in [5, 5.41) is 0.685. The molecule has 0 aromatic heterocycles. The number of carbonyl (C=O) groups is 1. The van der Waals surface area contributed by atoms with Crippen LogP contribution in [0.1, 0.15) is 64.2 Å². The van der Waals surface area contributed by atoms with Crippen molar-refractivity contribution in [2.45, 2.75) is 74.7 Å². The van der Waals surface area contributed by atoms with Gasteiger partial charge in [-0.15, -0.1) is 0 Å². The molecule has 2 bridgehead atoms. The van der Waals surface area contributed by atoms with Crippen molar-refractivity contribution in [2.24, 2.45) is 11.8 Å². The standard InChI is InChI=1S/C15H24O2S/c16-15(11-5-2-1-3-6-11)12-9-13-7-4-8-14(10-12)18(13)17/h11-14H,1-10H2. The number of rotatable bonds is 2. The molecule has 0 spiro atoms. The molecule has 18 heavy (non-hydrogen) atoms. The minimum absolute atomic E-state index is 0.251. The molecule has 2 heterocycles. The fourth-order valence-corrected chi connectivity index (χ4v) is 6.37. The topological polar surface area (TPSA) is 34.1 Å². The van der Waals surface area contributed by atoms with Crippen molar-refractivity contribution in [3.63, 3.8) is 0 Å². The van der Waals surface area contributed by atoms with Crippen LogP contribution in [0.4, 0.5) is 0 Å². The minimum Gasteiger partial charge on any atom is -0.299 e. The number of carbonyl (C=O) groups excluding carboxylic acids is 1. The molecule has 2 nitrogen and oxygen atoms in total. The number of fused-ring (bicyclic) bond motifs is 2. The summed E-state index contributed by atoms with van der Waals surface area (Å²) in [6.07, 6.45) is 11.3. The quantitative estimate of drug-likeness (QED) is 0.770. The van der Waals surface area contributed by atoms with E-state index in [1.165, 1.54) is 25.7 Å². The first-order valence-electron chi connectivity index (χ1n) is 7.69. The zero-order valence-electron chi connectivity index (χ0n) is 11.1. The van der Waals surface area contributed by atoms with E-state index in [1.807, 2.05) is 0 Å². The lowest BCUT2D eigenvalue weighted by atomic mass is 9.77. The van der Waals surface area contributed by atoms with Gasteiger partial charge < -0.3 is 0 Å². The minimum atomic E-state index is -0.630. The molecule has 102 valence electrons. The normalized spacial score (nSPS) is 41.6. The summed E-state index contributed by atoms with van der Waals surface area (Å²) in [5.74, 6) is 1.13. The van der Waals surface area contributed by atoms with Gasteiger partial charge in [-0.3, -0.25) is 9.00 Å². The molecule has 3 fully saturated rings. The van der Waals surface area contributed by atoms with Crippen LogP contribution in [0.25, 0.3) is 0 Å². The highest BCUT2D eigenvalue weighted by atomic mass is 32.2. The summed E-state index contributed by atoms with van der Waals surface area (Å²) in [6, 6.07) is 0. The van der Waals surface area contributed by atoms with E-state index < -0.39 is 10.8 Å². The third-order valence-electron chi connectivity index (χ3n) is 5.21. The molecule has 2 unspecified atom stereocenters. The van der Waals surface area contributed by atoms with Crippen LogP contribution in [0, 0.1) is 11.8 Å². The number of hydrogen-bond donors (Lipinski definition) is 0. The second-order valence-electron chi connectivity index (χ2n) is 6.41. The monoisotopic (exact) mass is 268 g/mol. The van der Waals surface area contributed by atoms with Gasteiger partial charge in [0.1, 0.15) is 5.78 Å². The predicted octanol–water partition coefficient (Wildman–Crippen LogP) is 3.22. The number of hydrogen-bond acceptors (Lipinski definition) is 2. The first kappa shape index (κ1) is 12.8. The number of Topliss-reactive ketones (excluding diaryl/α,β-unsaturated/α-hetero) is 1. The zero-order chi connectivity index (χ0) is 12.5. The molecule has 0 amide bonds. The van der Waals surface area contributed by atoms with Crippen LogP contribution in [0.2, 0.25) is 0 Å². The second-order valence-corrected chi connectivity index (χ2v) is 8.40. The lowest BCUT2D eigenvalue weighted by Crippen LogP contribution is -2.43. The Morgan fingerprint density at radius 3 is 2.00 bits per heavy atom. The van der Waals surface area contributed by atoms with Crippen LogP contribution < -0.4 is 0 Å². The molecule has 3 heteroatoms. The summed E-state index contributed by atoms with van der Waals surface area (Å²) in [4.78, 5) is 12.6. The maximum Gasteiger partial charge on any atom is 0.139 e. The van der Waals surface area contributed by atoms with Crippen molar-refractivity contribution in [3.05, 3.63) is 0 Å². The van der Waals surface area contributed by atoms with Crippen molar-refractivity contribution < 1.29 is 9.00 Å². The largest absolute Gasteiger partial charge is 0.299 e.